The first kappa shape index (κ1) is 19.7. The molecule has 9 nitrogen and oxygen atoms in total. The summed E-state index contributed by atoms with van der Waals surface area (Å²) in [6.45, 7) is 6.67. The Labute approximate surface area is 152 Å². The predicted octanol–water partition coefficient (Wildman–Crippen LogP) is 1.34. The van der Waals surface area contributed by atoms with E-state index in [1.165, 1.54) is 10.9 Å². The third-order valence-electron chi connectivity index (χ3n) is 3.98. The number of nitrogens with zero attached hydrogens (tertiary/aromatic N) is 3. The number of carbonyl (C=O) groups is 3. The van der Waals surface area contributed by atoms with E-state index in [1.54, 1.807) is 11.1 Å². The van der Waals surface area contributed by atoms with Crippen LogP contribution in [0.1, 0.15) is 40.0 Å². The van der Waals surface area contributed by atoms with Crippen LogP contribution in [0.5, 0.6) is 0 Å². The van der Waals surface area contributed by atoms with Crippen molar-refractivity contribution in [2.45, 2.75) is 52.2 Å². The third kappa shape index (κ3) is 6.38. The van der Waals surface area contributed by atoms with Crippen LogP contribution in [0.2, 0.25) is 0 Å². The SMILES string of the molecule is CC(C)(C)OC(=O)N1CCC(CC(=O)Nc2cnn(CC(N)=O)c2)CC1. The summed E-state index contributed by atoms with van der Waals surface area (Å²) in [5.41, 5.74) is 5.12. The Balaban J connectivity index is 1.75. The van der Waals surface area contributed by atoms with Gasteiger partial charge >= 0.3 is 6.09 Å². The molecular weight excluding hydrogens is 338 g/mol. The number of rotatable bonds is 5. The number of nitrogens with one attached hydrogen (secondary N) is 1. The van der Waals surface area contributed by atoms with E-state index in [4.69, 9.17) is 10.5 Å². The second kappa shape index (κ2) is 8.20. The molecule has 0 radical (unpaired) electrons. The van der Waals surface area contributed by atoms with Gasteiger partial charge in [-0.15, -0.1) is 0 Å². The van der Waals surface area contributed by atoms with E-state index in [0.29, 0.717) is 25.2 Å². The number of likely N-dealkylation sites (tertiary alicyclic amines) is 1. The Morgan fingerprint density at radius 1 is 1.31 bits per heavy atom. The fourth-order valence-electron chi connectivity index (χ4n) is 2.79. The van der Waals surface area contributed by atoms with Crippen molar-refractivity contribution in [3.63, 3.8) is 0 Å². The quantitative estimate of drug-likeness (QED) is 0.816. The highest BCUT2D eigenvalue weighted by Crippen LogP contribution is 2.22. The van der Waals surface area contributed by atoms with E-state index in [0.717, 1.165) is 12.8 Å². The van der Waals surface area contributed by atoms with Crippen molar-refractivity contribution < 1.29 is 19.1 Å². The molecule has 26 heavy (non-hydrogen) atoms. The lowest BCUT2D eigenvalue weighted by Crippen LogP contribution is -2.42. The molecule has 1 aliphatic rings. The first-order chi connectivity index (χ1) is 12.1. The molecule has 0 spiro atoms. The van der Waals surface area contributed by atoms with Gasteiger partial charge in [0.15, 0.2) is 0 Å². The van der Waals surface area contributed by atoms with Crippen molar-refractivity contribution in [1.82, 2.24) is 14.7 Å². The van der Waals surface area contributed by atoms with Crippen LogP contribution >= 0.6 is 0 Å². The highest BCUT2D eigenvalue weighted by Gasteiger charge is 2.27. The molecule has 0 atom stereocenters. The average molecular weight is 365 g/mol. The van der Waals surface area contributed by atoms with Gasteiger partial charge in [-0.1, -0.05) is 0 Å². The van der Waals surface area contributed by atoms with Crippen molar-refractivity contribution in [1.29, 1.82) is 0 Å². The summed E-state index contributed by atoms with van der Waals surface area (Å²) in [5.74, 6) is -0.392. The zero-order valence-electron chi connectivity index (χ0n) is 15.5. The molecule has 3 N–H and O–H groups in total. The number of carbonyl (C=O) groups excluding carboxylic acids is 3. The standard InChI is InChI=1S/C17H27N5O4/c1-17(2,3)26-16(25)21-6-4-12(5-7-21)8-15(24)20-13-9-19-22(10-13)11-14(18)23/h9-10,12H,4-8,11H2,1-3H3,(H2,18,23)(H,20,24). The molecule has 2 rings (SSSR count). The lowest BCUT2D eigenvalue weighted by Gasteiger charge is -2.33. The maximum atomic E-state index is 12.2. The molecule has 144 valence electrons. The Hall–Kier alpha value is -2.58. The Morgan fingerprint density at radius 2 is 1.96 bits per heavy atom. The van der Waals surface area contributed by atoms with E-state index >= 15 is 0 Å². The number of anilines is 1. The minimum absolute atomic E-state index is 0.0288. The van der Waals surface area contributed by atoms with Crippen LogP contribution in [-0.2, 0) is 20.9 Å². The molecule has 0 aliphatic carbocycles. The fourth-order valence-corrected chi connectivity index (χ4v) is 2.79. The molecule has 1 fully saturated rings. The topological polar surface area (TPSA) is 120 Å². The minimum Gasteiger partial charge on any atom is -0.444 e. The van der Waals surface area contributed by atoms with Gasteiger partial charge in [0.2, 0.25) is 11.8 Å². The normalized spacial score (nSPS) is 15.6. The number of primary amides is 1. The molecule has 0 unspecified atom stereocenters. The summed E-state index contributed by atoms with van der Waals surface area (Å²) in [6.07, 6.45) is 4.63. The van der Waals surface area contributed by atoms with E-state index in [9.17, 15) is 14.4 Å². The number of ether oxygens (including phenoxy) is 1. The van der Waals surface area contributed by atoms with Gasteiger partial charge in [0.05, 0.1) is 11.9 Å². The van der Waals surface area contributed by atoms with Gasteiger partial charge in [-0.25, -0.2) is 4.79 Å². The fraction of sp³-hybridized carbons (Fsp3) is 0.647. The van der Waals surface area contributed by atoms with Gasteiger partial charge in [-0.05, 0) is 39.5 Å². The first-order valence-electron chi connectivity index (χ1n) is 8.71. The molecule has 9 heteroatoms. The van der Waals surface area contributed by atoms with Crippen LogP contribution in [0.25, 0.3) is 0 Å². The van der Waals surface area contributed by atoms with E-state index < -0.39 is 11.5 Å². The van der Waals surface area contributed by atoms with Gasteiger partial charge in [0, 0.05) is 25.7 Å². The van der Waals surface area contributed by atoms with Crippen molar-refractivity contribution in [2.24, 2.45) is 11.7 Å². The monoisotopic (exact) mass is 365 g/mol. The molecule has 3 amide bonds. The minimum atomic E-state index is -0.507. The van der Waals surface area contributed by atoms with Gasteiger partial charge < -0.3 is 20.7 Å². The molecule has 0 aromatic carbocycles. The van der Waals surface area contributed by atoms with Gasteiger partial charge in [-0.2, -0.15) is 5.10 Å². The summed E-state index contributed by atoms with van der Waals surface area (Å²) in [4.78, 5) is 36.8. The first-order valence-corrected chi connectivity index (χ1v) is 8.71. The molecule has 1 aromatic rings. The number of piperidine rings is 1. The molecular formula is C17H27N5O4. The largest absolute Gasteiger partial charge is 0.444 e. The highest BCUT2D eigenvalue weighted by molar-refractivity contribution is 5.90. The molecule has 1 aliphatic heterocycles. The van der Waals surface area contributed by atoms with Crippen molar-refractivity contribution in [3.8, 4) is 0 Å². The van der Waals surface area contributed by atoms with Crippen molar-refractivity contribution in [2.75, 3.05) is 18.4 Å². The molecule has 1 saturated heterocycles. The van der Waals surface area contributed by atoms with Crippen molar-refractivity contribution >= 4 is 23.6 Å². The number of hydrogen-bond donors (Lipinski definition) is 2. The van der Waals surface area contributed by atoms with Crippen LogP contribution in [0.15, 0.2) is 12.4 Å². The van der Waals surface area contributed by atoms with Gasteiger partial charge in [0.25, 0.3) is 0 Å². The molecule has 2 heterocycles. The van der Waals surface area contributed by atoms with Crippen LogP contribution in [0, 0.1) is 5.92 Å². The van der Waals surface area contributed by atoms with Crippen molar-refractivity contribution in [3.05, 3.63) is 12.4 Å². The van der Waals surface area contributed by atoms with Gasteiger partial charge in [0.1, 0.15) is 12.1 Å². The zero-order chi connectivity index (χ0) is 19.3. The predicted molar refractivity (Wildman–Crippen MR) is 95.2 cm³/mol. The van der Waals surface area contributed by atoms with Crippen LogP contribution in [0.3, 0.4) is 0 Å². The number of hydrogen-bond acceptors (Lipinski definition) is 5. The van der Waals surface area contributed by atoms with Crippen LogP contribution < -0.4 is 11.1 Å². The van der Waals surface area contributed by atoms with Crippen LogP contribution in [-0.4, -0.2) is 51.3 Å². The second-order valence-electron chi connectivity index (χ2n) is 7.56. The van der Waals surface area contributed by atoms with E-state index in [1.807, 2.05) is 20.8 Å². The smallest absolute Gasteiger partial charge is 0.410 e. The zero-order valence-corrected chi connectivity index (χ0v) is 15.5. The lowest BCUT2D eigenvalue weighted by molar-refractivity contribution is -0.119. The third-order valence-corrected chi connectivity index (χ3v) is 3.98. The Kier molecular flexibility index (Phi) is 6.23. The molecule has 0 saturated carbocycles. The van der Waals surface area contributed by atoms with Crippen LogP contribution in [0.4, 0.5) is 10.5 Å². The Bertz CT molecular complexity index is 656. The summed E-state index contributed by atoms with van der Waals surface area (Å²) >= 11 is 0. The van der Waals surface area contributed by atoms with Gasteiger partial charge in [-0.3, -0.25) is 14.3 Å². The summed E-state index contributed by atoms with van der Waals surface area (Å²) in [7, 11) is 0. The molecule has 1 aromatic heterocycles. The van der Waals surface area contributed by atoms with E-state index in [-0.39, 0.29) is 24.5 Å². The summed E-state index contributed by atoms with van der Waals surface area (Å²) in [6, 6.07) is 0. The maximum absolute atomic E-state index is 12.2. The Morgan fingerprint density at radius 3 is 2.54 bits per heavy atom. The summed E-state index contributed by atoms with van der Waals surface area (Å²) in [5, 5.41) is 6.73. The number of amides is 3. The lowest BCUT2D eigenvalue weighted by atomic mass is 9.93. The van der Waals surface area contributed by atoms with E-state index in [2.05, 4.69) is 10.4 Å². The highest BCUT2D eigenvalue weighted by atomic mass is 16.6. The molecule has 0 bridgehead atoms. The number of aromatic nitrogens is 2. The second-order valence-corrected chi connectivity index (χ2v) is 7.56. The maximum Gasteiger partial charge on any atom is 0.410 e. The average Bonchev–Trinajstić information content (AvgIpc) is 2.92. The number of nitrogens with two attached hydrogens (primary N) is 1. The summed E-state index contributed by atoms with van der Waals surface area (Å²) < 4.78 is 6.74.